The maximum absolute atomic E-state index is 11.2. The lowest BCUT2D eigenvalue weighted by Crippen LogP contribution is -2.13. The van der Waals surface area contributed by atoms with Crippen molar-refractivity contribution in [2.24, 2.45) is 5.73 Å². The predicted octanol–water partition coefficient (Wildman–Crippen LogP) is 1.45. The third kappa shape index (κ3) is 3.44. The summed E-state index contributed by atoms with van der Waals surface area (Å²) in [4.78, 5) is 11.2. The van der Waals surface area contributed by atoms with Gasteiger partial charge in [-0.1, -0.05) is 19.3 Å². The summed E-state index contributed by atoms with van der Waals surface area (Å²) < 4.78 is 10.2. The van der Waals surface area contributed by atoms with E-state index < -0.39 is 5.63 Å². The standard InChI is InChI=1S/C12H15NO3/c1-3-5-10(13)11-7-9(15-6-4-2)8-12(14)16-11/h2,7-8,10H,3,5-6,13H2,1H3/t10-/m1/s1. The normalized spacial score (nSPS) is 11.8. The van der Waals surface area contributed by atoms with Gasteiger partial charge >= 0.3 is 5.63 Å². The van der Waals surface area contributed by atoms with Crippen molar-refractivity contribution in [2.75, 3.05) is 6.61 Å². The van der Waals surface area contributed by atoms with Crippen molar-refractivity contribution in [1.29, 1.82) is 0 Å². The van der Waals surface area contributed by atoms with E-state index in [0.717, 1.165) is 12.8 Å². The smallest absolute Gasteiger partial charge is 0.339 e. The van der Waals surface area contributed by atoms with Crippen LogP contribution in [0, 0.1) is 12.3 Å². The Bertz CT molecular complexity index is 431. The van der Waals surface area contributed by atoms with Gasteiger partial charge in [0.2, 0.25) is 0 Å². The van der Waals surface area contributed by atoms with E-state index in [1.54, 1.807) is 6.07 Å². The third-order valence-corrected chi connectivity index (χ3v) is 2.05. The van der Waals surface area contributed by atoms with Crippen LogP contribution in [0.2, 0.25) is 0 Å². The molecule has 0 radical (unpaired) electrons. The van der Waals surface area contributed by atoms with Gasteiger partial charge in [0, 0.05) is 6.07 Å². The Morgan fingerprint density at radius 2 is 2.38 bits per heavy atom. The van der Waals surface area contributed by atoms with Crippen molar-refractivity contribution < 1.29 is 9.15 Å². The van der Waals surface area contributed by atoms with E-state index in [0.29, 0.717) is 11.5 Å². The van der Waals surface area contributed by atoms with Gasteiger partial charge in [-0.15, -0.1) is 6.42 Å². The van der Waals surface area contributed by atoms with E-state index in [1.807, 2.05) is 6.92 Å². The molecular weight excluding hydrogens is 206 g/mol. The monoisotopic (exact) mass is 221 g/mol. The minimum Gasteiger partial charge on any atom is -0.481 e. The SMILES string of the molecule is C#CCOc1cc([C@H](N)CCC)oc(=O)c1. The van der Waals surface area contributed by atoms with E-state index in [1.165, 1.54) is 6.07 Å². The lowest BCUT2D eigenvalue weighted by Gasteiger charge is -2.10. The van der Waals surface area contributed by atoms with Gasteiger partial charge < -0.3 is 14.9 Å². The Hall–Kier alpha value is -1.73. The Kier molecular flexibility index (Phi) is 4.62. The molecule has 4 nitrogen and oxygen atoms in total. The molecule has 1 rings (SSSR count). The third-order valence-electron chi connectivity index (χ3n) is 2.05. The first-order chi connectivity index (χ1) is 7.67. The summed E-state index contributed by atoms with van der Waals surface area (Å²) in [6, 6.07) is 2.57. The molecule has 0 unspecified atom stereocenters. The largest absolute Gasteiger partial charge is 0.481 e. The van der Waals surface area contributed by atoms with Gasteiger partial charge in [0.1, 0.15) is 18.1 Å². The van der Waals surface area contributed by atoms with Crippen LogP contribution in [0.4, 0.5) is 0 Å². The van der Waals surface area contributed by atoms with Gasteiger partial charge in [-0.2, -0.15) is 0 Å². The van der Waals surface area contributed by atoms with Crippen LogP contribution in [0.1, 0.15) is 31.6 Å². The average Bonchev–Trinajstić information content (AvgIpc) is 2.26. The van der Waals surface area contributed by atoms with Crippen LogP contribution in [0.3, 0.4) is 0 Å². The maximum atomic E-state index is 11.2. The summed E-state index contributed by atoms with van der Waals surface area (Å²) in [7, 11) is 0. The lowest BCUT2D eigenvalue weighted by molar-refractivity contribution is 0.350. The van der Waals surface area contributed by atoms with Crippen molar-refractivity contribution in [2.45, 2.75) is 25.8 Å². The summed E-state index contributed by atoms with van der Waals surface area (Å²) in [5, 5.41) is 0. The highest BCUT2D eigenvalue weighted by Crippen LogP contribution is 2.18. The summed E-state index contributed by atoms with van der Waals surface area (Å²) in [5.74, 6) is 3.15. The van der Waals surface area contributed by atoms with Gasteiger partial charge in [-0.3, -0.25) is 0 Å². The summed E-state index contributed by atoms with van der Waals surface area (Å²) >= 11 is 0. The van der Waals surface area contributed by atoms with Crippen LogP contribution in [-0.4, -0.2) is 6.61 Å². The number of terminal acetylenes is 1. The second-order valence-corrected chi connectivity index (χ2v) is 3.40. The van der Waals surface area contributed by atoms with Crippen molar-refractivity contribution >= 4 is 0 Å². The molecule has 0 bridgehead atoms. The van der Waals surface area contributed by atoms with Gasteiger partial charge in [0.05, 0.1) is 12.1 Å². The number of ether oxygens (including phenoxy) is 1. The minimum absolute atomic E-state index is 0.117. The Balaban J connectivity index is 2.90. The summed E-state index contributed by atoms with van der Waals surface area (Å²) in [5.41, 5.74) is 5.37. The molecule has 0 saturated carbocycles. The van der Waals surface area contributed by atoms with Gasteiger partial charge in [0.25, 0.3) is 0 Å². The van der Waals surface area contributed by atoms with Crippen molar-refractivity contribution in [3.05, 3.63) is 28.3 Å². The first-order valence-corrected chi connectivity index (χ1v) is 5.14. The summed E-state index contributed by atoms with van der Waals surface area (Å²) in [6.07, 6.45) is 6.73. The molecule has 0 fully saturated rings. The average molecular weight is 221 g/mol. The molecule has 16 heavy (non-hydrogen) atoms. The zero-order valence-corrected chi connectivity index (χ0v) is 9.23. The maximum Gasteiger partial charge on any atom is 0.339 e. The fourth-order valence-electron chi connectivity index (χ4n) is 1.32. The van der Waals surface area contributed by atoms with Crippen LogP contribution >= 0.6 is 0 Å². The van der Waals surface area contributed by atoms with Crippen LogP contribution in [0.25, 0.3) is 0 Å². The molecule has 1 atom stereocenters. The van der Waals surface area contributed by atoms with E-state index in [2.05, 4.69) is 5.92 Å². The first-order valence-electron chi connectivity index (χ1n) is 5.14. The van der Waals surface area contributed by atoms with Gasteiger partial charge in [-0.05, 0) is 6.42 Å². The number of hydrogen-bond donors (Lipinski definition) is 1. The molecular formula is C12H15NO3. The van der Waals surface area contributed by atoms with Crippen LogP contribution in [0.5, 0.6) is 5.75 Å². The highest BCUT2D eigenvalue weighted by molar-refractivity contribution is 5.22. The zero-order chi connectivity index (χ0) is 12.0. The fourth-order valence-corrected chi connectivity index (χ4v) is 1.32. The Labute approximate surface area is 94.4 Å². The Morgan fingerprint density at radius 1 is 1.62 bits per heavy atom. The van der Waals surface area contributed by atoms with E-state index in [9.17, 15) is 4.79 Å². The molecule has 0 aliphatic carbocycles. The van der Waals surface area contributed by atoms with E-state index in [-0.39, 0.29) is 12.6 Å². The minimum atomic E-state index is -0.476. The van der Waals surface area contributed by atoms with Crippen LogP contribution in [-0.2, 0) is 0 Å². The highest BCUT2D eigenvalue weighted by Gasteiger charge is 2.10. The second-order valence-electron chi connectivity index (χ2n) is 3.40. The highest BCUT2D eigenvalue weighted by atomic mass is 16.5. The van der Waals surface area contributed by atoms with Gasteiger partial charge in [0.15, 0.2) is 0 Å². The number of rotatable bonds is 5. The zero-order valence-electron chi connectivity index (χ0n) is 9.23. The molecule has 4 heteroatoms. The molecule has 1 aromatic heterocycles. The summed E-state index contributed by atoms with van der Waals surface area (Å²) in [6.45, 7) is 2.13. The topological polar surface area (TPSA) is 65.5 Å². The first kappa shape index (κ1) is 12.3. The van der Waals surface area contributed by atoms with E-state index in [4.69, 9.17) is 21.3 Å². The van der Waals surface area contributed by atoms with Crippen molar-refractivity contribution in [3.8, 4) is 18.1 Å². The molecule has 1 aromatic rings. The van der Waals surface area contributed by atoms with Crippen molar-refractivity contribution in [1.82, 2.24) is 0 Å². The molecule has 0 saturated heterocycles. The van der Waals surface area contributed by atoms with E-state index >= 15 is 0 Å². The molecule has 0 aliphatic heterocycles. The van der Waals surface area contributed by atoms with Gasteiger partial charge in [-0.25, -0.2) is 4.79 Å². The number of hydrogen-bond acceptors (Lipinski definition) is 4. The molecule has 0 aromatic carbocycles. The quantitative estimate of drug-likeness (QED) is 0.764. The molecule has 0 amide bonds. The lowest BCUT2D eigenvalue weighted by atomic mass is 10.1. The molecule has 0 spiro atoms. The predicted molar refractivity (Wildman–Crippen MR) is 61.1 cm³/mol. The van der Waals surface area contributed by atoms with Crippen LogP contribution < -0.4 is 16.1 Å². The second kappa shape index (κ2) is 5.99. The molecule has 2 N–H and O–H groups in total. The van der Waals surface area contributed by atoms with Crippen LogP contribution in [0.15, 0.2) is 21.3 Å². The molecule has 86 valence electrons. The molecule has 1 heterocycles. The number of nitrogens with two attached hydrogens (primary N) is 1. The van der Waals surface area contributed by atoms with Crippen molar-refractivity contribution in [3.63, 3.8) is 0 Å². The Morgan fingerprint density at radius 3 is 3.00 bits per heavy atom. The fraction of sp³-hybridized carbons (Fsp3) is 0.417. The molecule has 0 aliphatic rings.